The number of ether oxygens (including phenoxy) is 2. The zero-order valence-electron chi connectivity index (χ0n) is 14.7. The van der Waals surface area contributed by atoms with Gasteiger partial charge in [0.05, 0.1) is 17.5 Å². The first kappa shape index (κ1) is 18.9. The van der Waals surface area contributed by atoms with Crippen molar-refractivity contribution in [3.8, 4) is 11.5 Å². The number of benzene rings is 1. The quantitative estimate of drug-likeness (QED) is 0.637. The molecule has 0 aliphatic heterocycles. The summed E-state index contributed by atoms with van der Waals surface area (Å²) in [6.07, 6.45) is 4.43. The molecule has 1 N–H and O–H groups in total. The molecule has 0 saturated carbocycles. The van der Waals surface area contributed by atoms with E-state index in [4.69, 9.17) is 16.3 Å². The van der Waals surface area contributed by atoms with Crippen LogP contribution in [-0.4, -0.2) is 23.7 Å². The van der Waals surface area contributed by atoms with E-state index in [-0.39, 0.29) is 27.9 Å². The highest BCUT2D eigenvalue weighted by molar-refractivity contribution is 7.18. The minimum atomic E-state index is -2.98. The number of fused-ring (bicyclic) bond motifs is 3. The standard InChI is InChI=1S/C19H15ClF2N2O3S/c1-26-12-6-5-9(8-13(12)27-19(21)22)7-11(20)16-23-17(25)15-10-3-2-4-14(10)28-18(15)24-16/h5-8,19H,2-4H2,1H3,(H,23,24,25)/b11-7-. The summed E-state index contributed by atoms with van der Waals surface area (Å²) in [5.74, 6) is 0.295. The molecular weight excluding hydrogens is 410 g/mol. The third kappa shape index (κ3) is 3.49. The van der Waals surface area contributed by atoms with Gasteiger partial charge in [-0.3, -0.25) is 4.79 Å². The fourth-order valence-electron chi connectivity index (χ4n) is 3.30. The Morgan fingerprint density at radius 3 is 2.93 bits per heavy atom. The number of rotatable bonds is 5. The number of methoxy groups -OCH3 is 1. The molecule has 0 fully saturated rings. The van der Waals surface area contributed by atoms with Gasteiger partial charge in [-0.25, -0.2) is 4.98 Å². The molecule has 1 aliphatic carbocycles. The lowest BCUT2D eigenvalue weighted by atomic mass is 10.2. The molecule has 0 unspecified atom stereocenters. The Morgan fingerprint density at radius 2 is 2.18 bits per heavy atom. The first-order chi connectivity index (χ1) is 13.5. The predicted molar refractivity (Wildman–Crippen MR) is 106 cm³/mol. The summed E-state index contributed by atoms with van der Waals surface area (Å²) in [6.45, 7) is -2.98. The molecule has 5 nitrogen and oxygen atoms in total. The van der Waals surface area contributed by atoms with Crippen molar-refractivity contribution in [3.63, 3.8) is 0 Å². The Hall–Kier alpha value is -2.45. The van der Waals surface area contributed by atoms with Crippen molar-refractivity contribution in [3.05, 3.63) is 50.4 Å². The van der Waals surface area contributed by atoms with E-state index in [2.05, 4.69) is 14.7 Å². The molecule has 0 saturated heterocycles. The summed E-state index contributed by atoms with van der Waals surface area (Å²) in [7, 11) is 1.36. The van der Waals surface area contributed by atoms with E-state index in [1.165, 1.54) is 41.5 Å². The van der Waals surface area contributed by atoms with Crippen molar-refractivity contribution in [2.24, 2.45) is 0 Å². The smallest absolute Gasteiger partial charge is 0.387 e. The first-order valence-corrected chi connectivity index (χ1v) is 9.70. The number of halogens is 3. The van der Waals surface area contributed by atoms with Crippen LogP contribution in [0.4, 0.5) is 8.78 Å². The summed E-state index contributed by atoms with van der Waals surface area (Å²) in [6, 6.07) is 4.51. The molecule has 4 rings (SSSR count). The van der Waals surface area contributed by atoms with Crippen molar-refractivity contribution in [1.82, 2.24) is 9.97 Å². The fraction of sp³-hybridized carbons (Fsp3) is 0.263. The van der Waals surface area contributed by atoms with Crippen LogP contribution in [0.25, 0.3) is 21.3 Å². The van der Waals surface area contributed by atoms with Gasteiger partial charge in [0.15, 0.2) is 17.3 Å². The number of hydrogen-bond donors (Lipinski definition) is 1. The van der Waals surface area contributed by atoms with Crippen LogP contribution in [0.15, 0.2) is 23.0 Å². The van der Waals surface area contributed by atoms with Crippen molar-refractivity contribution in [2.75, 3.05) is 7.11 Å². The average Bonchev–Trinajstić information content (AvgIpc) is 3.22. The molecule has 3 aromatic rings. The van der Waals surface area contributed by atoms with Crippen LogP contribution in [0, 0.1) is 0 Å². The highest BCUT2D eigenvalue weighted by atomic mass is 35.5. The molecule has 1 aliphatic rings. The van der Waals surface area contributed by atoms with E-state index in [0.717, 1.165) is 24.8 Å². The predicted octanol–water partition coefficient (Wildman–Crippen LogP) is 4.82. The molecule has 0 radical (unpaired) electrons. The minimum Gasteiger partial charge on any atom is -0.493 e. The lowest BCUT2D eigenvalue weighted by molar-refractivity contribution is -0.0512. The van der Waals surface area contributed by atoms with Crippen molar-refractivity contribution >= 4 is 44.3 Å². The van der Waals surface area contributed by atoms with Crippen molar-refractivity contribution < 1.29 is 18.3 Å². The molecule has 9 heteroatoms. The van der Waals surface area contributed by atoms with E-state index < -0.39 is 6.61 Å². The Labute approximate surface area is 167 Å². The number of H-pyrrole nitrogens is 1. The number of aromatic nitrogens is 2. The van der Waals surface area contributed by atoms with E-state index in [1.807, 2.05) is 0 Å². The number of aromatic amines is 1. The Bertz CT molecular complexity index is 1140. The first-order valence-electron chi connectivity index (χ1n) is 8.51. The summed E-state index contributed by atoms with van der Waals surface area (Å²) in [5, 5.41) is 0.823. The van der Waals surface area contributed by atoms with Gasteiger partial charge in [-0.1, -0.05) is 17.7 Å². The second-order valence-corrected chi connectivity index (χ2v) is 7.72. The van der Waals surface area contributed by atoms with Gasteiger partial charge in [0, 0.05) is 4.88 Å². The number of hydrogen-bond acceptors (Lipinski definition) is 5. The molecule has 0 amide bonds. The lowest BCUT2D eigenvalue weighted by Gasteiger charge is -2.10. The molecule has 0 atom stereocenters. The number of alkyl halides is 2. The van der Waals surface area contributed by atoms with Gasteiger partial charge in [-0.05, 0) is 48.6 Å². The second-order valence-electron chi connectivity index (χ2n) is 6.23. The van der Waals surface area contributed by atoms with Crippen LogP contribution in [0.5, 0.6) is 11.5 Å². The maximum atomic E-state index is 12.6. The van der Waals surface area contributed by atoms with Crippen LogP contribution in [0.3, 0.4) is 0 Å². The van der Waals surface area contributed by atoms with Crippen molar-refractivity contribution in [2.45, 2.75) is 25.9 Å². The number of nitrogens with zero attached hydrogens (tertiary/aromatic N) is 1. The summed E-state index contributed by atoms with van der Waals surface area (Å²) < 4.78 is 34.7. The molecule has 0 spiro atoms. The molecule has 1 aromatic carbocycles. The minimum absolute atomic E-state index is 0.109. The molecule has 28 heavy (non-hydrogen) atoms. The average molecular weight is 425 g/mol. The zero-order valence-corrected chi connectivity index (χ0v) is 16.3. The number of aryl methyl sites for hydroxylation is 2. The largest absolute Gasteiger partial charge is 0.493 e. The number of nitrogens with one attached hydrogen (secondary N) is 1. The summed E-state index contributed by atoms with van der Waals surface area (Å²) >= 11 is 7.87. The summed E-state index contributed by atoms with van der Waals surface area (Å²) in [4.78, 5) is 21.6. The van der Waals surface area contributed by atoms with Gasteiger partial charge in [0.25, 0.3) is 5.56 Å². The van der Waals surface area contributed by atoms with Gasteiger partial charge in [-0.2, -0.15) is 8.78 Å². The highest BCUT2D eigenvalue weighted by Crippen LogP contribution is 2.35. The van der Waals surface area contributed by atoms with Gasteiger partial charge in [-0.15, -0.1) is 11.3 Å². The number of thiophene rings is 1. The highest BCUT2D eigenvalue weighted by Gasteiger charge is 2.21. The Morgan fingerprint density at radius 1 is 1.36 bits per heavy atom. The molecular formula is C19H15ClF2N2O3S. The molecule has 2 heterocycles. The van der Waals surface area contributed by atoms with Gasteiger partial charge < -0.3 is 14.5 Å². The van der Waals surface area contributed by atoms with E-state index in [0.29, 0.717) is 15.8 Å². The van der Waals surface area contributed by atoms with E-state index in [9.17, 15) is 13.6 Å². The van der Waals surface area contributed by atoms with Gasteiger partial charge in [0.2, 0.25) is 0 Å². The van der Waals surface area contributed by atoms with Crippen molar-refractivity contribution in [1.29, 1.82) is 0 Å². The van der Waals surface area contributed by atoms with E-state index in [1.54, 1.807) is 6.07 Å². The van der Waals surface area contributed by atoms with Crippen LogP contribution < -0.4 is 15.0 Å². The maximum Gasteiger partial charge on any atom is 0.387 e. The van der Waals surface area contributed by atoms with Crippen LogP contribution in [-0.2, 0) is 12.8 Å². The zero-order chi connectivity index (χ0) is 19.8. The topological polar surface area (TPSA) is 64.2 Å². The second kappa shape index (κ2) is 7.52. The third-order valence-corrected chi connectivity index (χ3v) is 5.97. The van der Waals surface area contributed by atoms with Gasteiger partial charge >= 0.3 is 6.61 Å². The normalized spacial score (nSPS) is 14.0. The molecule has 146 valence electrons. The lowest BCUT2D eigenvalue weighted by Crippen LogP contribution is -2.10. The monoisotopic (exact) mass is 424 g/mol. The SMILES string of the molecule is COc1ccc(/C=C(\Cl)c2nc3sc4c(c3c(=O)[nH]2)CCC4)cc1OC(F)F. The van der Waals surface area contributed by atoms with Crippen LogP contribution in [0.2, 0.25) is 0 Å². The van der Waals surface area contributed by atoms with Crippen LogP contribution in [0.1, 0.15) is 28.2 Å². The van der Waals surface area contributed by atoms with Gasteiger partial charge in [0.1, 0.15) is 4.83 Å². The van der Waals surface area contributed by atoms with E-state index >= 15 is 0 Å². The fourth-order valence-corrected chi connectivity index (χ4v) is 4.78. The molecule has 0 bridgehead atoms. The summed E-state index contributed by atoms with van der Waals surface area (Å²) in [5.41, 5.74) is 1.37. The Balaban J connectivity index is 1.72. The Kier molecular flexibility index (Phi) is 5.07. The van der Waals surface area contributed by atoms with Crippen LogP contribution >= 0.6 is 22.9 Å². The molecule has 2 aromatic heterocycles. The third-order valence-electron chi connectivity index (χ3n) is 4.50. The maximum absolute atomic E-state index is 12.6.